The predicted molar refractivity (Wildman–Crippen MR) is 98.6 cm³/mol. The monoisotopic (exact) mass is 617 g/mol. The summed E-state index contributed by atoms with van der Waals surface area (Å²) in [5, 5.41) is 19.4. The van der Waals surface area contributed by atoms with Gasteiger partial charge in [0.1, 0.15) is 6.61 Å². The van der Waals surface area contributed by atoms with Crippen molar-refractivity contribution >= 4 is 90.8 Å². The van der Waals surface area contributed by atoms with E-state index < -0.39 is 23.9 Å². The van der Waals surface area contributed by atoms with E-state index in [-0.39, 0.29) is 24.1 Å². The van der Waals surface area contributed by atoms with Gasteiger partial charge in [-0.2, -0.15) is 0 Å². The molecule has 0 aliphatic heterocycles. The number of halogens is 3. The number of ketones is 1. The molecular weight excluding hydrogens is 607 g/mol. The van der Waals surface area contributed by atoms with Crippen molar-refractivity contribution in [3.63, 3.8) is 0 Å². The molecule has 20 heavy (non-hydrogen) atoms. The first-order chi connectivity index (χ1) is 9.10. The van der Waals surface area contributed by atoms with Gasteiger partial charge in [0.05, 0.1) is 14.9 Å². The molecule has 1 aromatic carbocycles. The van der Waals surface area contributed by atoms with Gasteiger partial charge in [-0.05, 0) is 67.8 Å². The van der Waals surface area contributed by atoms with Crippen LogP contribution in [0.1, 0.15) is 5.56 Å². The molecule has 0 bridgehead atoms. The lowest BCUT2D eigenvalue weighted by Gasteiger charge is -2.27. The van der Waals surface area contributed by atoms with E-state index in [0.717, 1.165) is 0 Å². The third-order valence-corrected chi connectivity index (χ3v) is 6.05. The van der Waals surface area contributed by atoms with E-state index in [9.17, 15) is 14.7 Å². The molecule has 110 valence electrons. The first kappa shape index (κ1) is 18.1. The number of primary amides is 1. The maximum Gasteiger partial charge on any atom is 0.262 e. The Kier molecular flexibility index (Phi) is 5.84. The lowest BCUT2D eigenvalue weighted by atomic mass is 9.88. The van der Waals surface area contributed by atoms with Crippen LogP contribution in [0.25, 0.3) is 0 Å². The second-order valence-corrected chi connectivity index (χ2v) is 7.04. The van der Waals surface area contributed by atoms with Gasteiger partial charge in [-0.3, -0.25) is 9.59 Å². The fraction of sp³-hybridized carbons (Fsp3) is 0.200. The minimum Gasteiger partial charge on any atom is -0.397 e. The highest BCUT2D eigenvalue weighted by Gasteiger charge is 2.47. The number of benzene rings is 1. The molecule has 8 N–H and O–H groups in total. The fourth-order valence-electron chi connectivity index (χ4n) is 1.54. The standard InChI is InChI=1S/C10H10I3N3O4/c11-4-3(5(12)8(15)6(13)7(4)14)10(20,9(16)19)2(18)1-17/h17,20H,1,14-15H2,(H2,16,19). The Labute approximate surface area is 155 Å². The van der Waals surface area contributed by atoms with Crippen LogP contribution in [0.2, 0.25) is 0 Å². The van der Waals surface area contributed by atoms with Gasteiger partial charge in [0.2, 0.25) is 11.4 Å². The number of aliphatic hydroxyl groups excluding tert-OH is 1. The molecule has 1 amide bonds. The molecule has 0 saturated carbocycles. The third-order valence-electron chi connectivity index (χ3n) is 2.65. The van der Waals surface area contributed by atoms with Gasteiger partial charge in [0, 0.05) is 12.7 Å². The normalized spacial score (nSPS) is 13.8. The molecule has 0 aliphatic carbocycles. The molecule has 1 unspecified atom stereocenters. The van der Waals surface area contributed by atoms with Gasteiger partial charge < -0.3 is 27.4 Å². The summed E-state index contributed by atoms with van der Waals surface area (Å²) in [6, 6.07) is 0. The summed E-state index contributed by atoms with van der Waals surface area (Å²) in [5.41, 5.74) is 14.5. The number of amides is 1. The molecule has 0 spiro atoms. The zero-order chi connectivity index (χ0) is 15.8. The molecular formula is C10H10I3N3O4. The fourth-order valence-corrected chi connectivity index (χ4v) is 5.48. The molecule has 0 saturated heterocycles. The molecule has 0 fully saturated rings. The van der Waals surface area contributed by atoms with Crippen LogP contribution in [-0.4, -0.2) is 28.5 Å². The van der Waals surface area contributed by atoms with Crippen molar-refractivity contribution in [2.24, 2.45) is 5.73 Å². The molecule has 10 heteroatoms. The summed E-state index contributed by atoms with van der Waals surface area (Å²) in [6.45, 7) is -1.04. The molecule has 1 aromatic rings. The third kappa shape index (κ3) is 2.71. The van der Waals surface area contributed by atoms with Crippen LogP contribution in [0.3, 0.4) is 0 Å². The van der Waals surface area contributed by atoms with Crippen LogP contribution in [0.5, 0.6) is 0 Å². The highest BCUT2D eigenvalue weighted by atomic mass is 127. The highest BCUT2D eigenvalue weighted by molar-refractivity contribution is 14.1. The van der Waals surface area contributed by atoms with Crippen LogP contribution >= 0.6 is 67.8 Å². The SMILES string of the molecule is NC(=O)C(O)(C(=O)CO)c1c(I)c(N)c(I)c(N)c1I. The Balaban J connectivity index is 3.85. The molecule has 7 nitrogen and oxygen atoms in total. The lowest BCUT2D eigenvalue weighted by molar-refractivity contribution is -0.153. The van der Waals surface area contributed by atoms with Crippen molar-refractivity contribution < 1.29 is 19.8 Å². The number of hydrogen-bond acceptors (Lipinski definition) is 6. The molecule has 0 aromatic heterocycles. The summed E-state index contributed by atoms with van der Waals surface area (Å²) >= 11 is 5.50. The van der Waals surface area contributed by atoms with E-state index in [1.807, 2.05) is 22.6 Å². The number of carbonyl (C=O) groups excluding carboxylic acids is 2. The molecule has 0 heterocycles. The van der Waals surface area contributed by atoms with Gasteiger partial charge in [-0.1, -0.05) is 0 Å². The lowest BCUT2D eigenvalue weighted by Crippen LogP contribution is -2.50. The number of anilines is 2. The van der Waals surface area contributed by atoms with E-state index in [1.165, 1.54) is 0 Å². The Hall–Kier alpha value is 0.0700. The number of rotatable bonds is 4. The van der Waals surface area contributed by atoms with Crippen LogP contribution in [0, 0.1) is 10.7 Å². The highest BCUT2D eigenvalue weighted by Crippen LogP contribution is 2.40. The maximum absolute atomic E-state index is 11.8. The van der Waals surface area contributed by atoms with Crippen LogP contribution in [0.15, 0.2) is 0 Å². The summed E-state index contributed by atoms with van der Waals surface area (Å²) in [5.74, 6) is -2.44. The van der Waals surface area contributed by atoms with E-state index >= 15 is 0 Å². The second-order valence-electron chi connectivity index (χ2n) is 3.80. The van der Waals surface area contributed by atoms with Gasteiger partial charge in [0.25, 0.3) is 5.91 Å². The second kappa shape index (κ2) is 6.45. The Morgan fingerprint density at radius 3 is 1.75 bits per heavy atom. The average molecular weight is 617 g/mol. The summed E-state index contributed by atoms with van der Waals surface area (Å²) in [7, 11) is 0. The Bertz CT molecular complexity index is 579. The van der Waals surface area contributed by atoms with Crippen LogP contribution < -0.4 is 17.2 Å². The van der Waals surface area contributed by atoms with Crippen LogP contribution in [-0.2, 0) is 15.2 Å². The van der Waals surface area contributed by atoms with E-state index in [4.69, 9.17) is 22.3 Å². The van der Waals surface area contributed by atoms with Gasteiger partial charge in [-0.15, -0.1) is 0 Å². The Morgan fingerprint density at radius 1 is 1.05 bits per heavy atom. The number of nitrogens with two attached hydrogens (primary N) is 3. The zero-order valence-corrected chi connectivity index (χ0v) is 16.3. The minimum absolute atomic E-state index is 0.0966. The smallest absolute Gasteiger partial charge is 0.262 e. The van der Waals surface area contributed by atoms with Crippen molar-refractivity contribution in [2.45, 2.75) is 5.60 Å². The number of hydrogen-bond donors (Lipinski definition) is 5. The summed E-state index contributed by atoms with van der Waals surface area (Å²) < 4.78 is 1.12. The first-order valence-electron chi connectivity index (χ1n) is 4.98. The zero-order valence-electron chi connectivity index (χ0n) is 9.78. The topological polar surface area (TPSA) is 153 Å². The van der Waals surface area contributed by atoms with Crippen molar-refractivity contribution in [1.29, 1.82) is 0 Å². The summed E-state index contributed by atoms with van der Waals surface area (Å²) in [4.78, 5) is 23.4. The van der Waals surface area contributed by atoms with Crippen molar-refractivity contribution in [2.75, 3.05) is 18.1 Å². The number of carbonyl (C=O) groups is 2. The molecule has 1 atom stereocenters. The summed E-state index contributed by atoms with van der Waals surface area (Å²) in [6.07, 6.45) is 0. The molecule has 0 aliphatic rings. The van der Waals surface area contributed by atoms with Crippen molar-refractivity contribution in [3.05, 3.63) is 16.3 Å². The molecule has 1 rings (SSSR count). The number of nitrogen functional groups attached to an aromatic ring is 2. The van der Waals surface area contributed by atoms with E-state index in [1.54, 1.807) is 45.2 Å². The largest absolute Gasteiger partial charge is 0.397 e. The maximum atomic E-state index is 11.8. The first-order valence-corrected chi connectivity index (χ1v) is 8.22. The quantitative estimate of drug-likeness (QED) is 0.181. The number of aliphatic hydroxyl groups is 2. The Morgan fingerprint density at radius 2 is 1.45 bits per heavy atom. The van der Waals surface area contributed by atoms with Gasteiger partial charge in [0.15, 0.2) is 0 Å². The molecule has 0 radical (unpaired) electrons. The predicted octanol–water partition coefficient (Wildman–Crippen LogP) is -0.101. The van der Waals surface area contributed by atoms with Gasteiger partial charge in [-0.25, -0.2) is 0 Å². The van der Waals surface area contributed by atoms with Crippen molar-refractivity contribution in [3.8, 4) is 0 Å². The van der Waals surface area contributed by atoms with Crippen molar-refractivity contribution in [1.82, 2.24) is 0 Å². The van der Waals surface area contributed by atoms with E-state index in [0.29, 0.717) is 3.57 Å². The average Bonchev–Trinajstić information content (AvgIpc) is 2.41. The minimum atomic E-state index is -2.67. The van der Waals surface area contributed by atoms with Gasteiger partial charge >= 0.3 is 0 Å². The number of Topliss-reactive ketones (excluding diaryl/α,β-unsaturated/α-hetero) is 1. The van der Waals surface area contributed by atoms with Crippen LogP contribution in [0.4, 0.5) is 11.4 Å². The van der Waals surface area contributed by atoms with E-state index in [2.05, 4.69) is 0 Å².